The Kier molecular flexibility index (Phi) is 1.62. The van der Waals surface area contributed by atoms with Crippen molar-refractivity contribution >= 4 is 28.9 Å². The van der Waals surface area contributed by atoms with Crippen LogP contribution in [-0.4, -0.2) is 11.0 Å². The number of hydrogen-bond acceptors (Lipinski definition) is 1. The van der Waals surface area contributed by atoms with E-state index in [0.29, 0.717) is 5.02 Å². The minimum atomic E-state index is 0.686. The molecule has 0 radical (unpaired) electrons. The summed E-state index contributed by atoms with van der Waals surface area (Å²) in [5.41, 5.74) is 0.884. The van der Waals surface area contributed by atoms with Gasteiger partial charge < -0.3 is 0 Å². The van der Waals surface area contributed by atoms with Gasteiger partial charge in [-0.3, -0.25) is 9.36 Å². The fourth-order valence-corrected chi connectivity index (χ4v) is 1.41. The normalized spacial score (nSPS) is 10.4. The van der Waals surface area contributed by atoms with Crippen LogP contribution in [0, 0.1) is 0 Å². The van der Waals surface area contributed by atoms with Crippen LogP contribution >= 0.6 is 11.6 Å². The number of benzene rings is 1. The van der Waals surface area contributed by atoms with Gasteiger partial charge in [-0.15, -0.1) is 0 Å². The predicted molar refractivity (Wildman–Crippen MR) is 49.1 cm³/mol. The molecule has 0 N–H and O–H groups in total. The van der Waals surface area contributed by atoms with Crippen molar-refractivity contribution in [3.05, 3.63) is 35.5 Å². The van der Waals surface area contributed by atoms with Crippen molar-refractivity contribution in [1.82, 2.24) is 4.57 Å². The molecule has 0 saturated carbocycles. The van der Waals surface area contributed by atoms with Gasteiger partial charge in [0.1, 0.15) is 0 Å². The van der Waals surface area contributed by atoms with Gasteiger partial charge >= 0.3 is 0 Å². The second-order valence-electron chi connectivity index (χ2n) is 2.53. The van der Waals surface area contributed by atoms with E-state index >= 15 is 0 Å². The minimum Gasteiger partial charge on any atom is -0.290 e. The molecule has 1 aromatic carbocycles. The van der Waals surface area contributed by atoms with E-state index in [1.165, 1.54) is 4.57 Å². The predicted octanol–water partition coefficient (Wildman–Crippen LogP) is 2.33. The van der Waals surface area contributed by atoms with Crippen molar-refractivity contribution in [2.45, 2.75) is 0 Å². The molecule has 12 heavy (non-hydrogen) atoms. The van der Waals surface area contributed by atoms with Gasteiger partial charge in [0.15, 0.2) is 0 Å². The Labute approximate surface area is 74.4 Å². The zero-order chi connectivity index (χ0) is 8.55. The summed E-state index contributed by atoms with van der Waals surface area (Å²) in [6.07, 6.45) is 2.49. The molecule has 0 atom stereocenters. The van der Waals surface area contributed by atoms with E-state index < -0.39 is 0 Å². The summed E-state index contributed by atoms with van der Waals surface area (Å²) in [4.78, 5) is 10.5. The Morgan fingerprint density at radius 2 is 2.17 bits per heavy atom. The highest BCUT2D eigenvalue weighted by atomic mass is 35.5. The fraction of sp³-hybridized carbons (Fsp3) is 0. The van der Waals surface area contributed by atoms with Crippen molar-refractivity contribution in [3.8, 4) is 0 Å². The summed E-state index contributed by atoms with van der Waals surface area (Å²) in [7, 11) is 0. The molecule has 2 aromatic rings. The maximum Gasteiger partial charge on any atom is 0.218 e. The second-order valence-corrected chi connectivity index (χ2v) is 2.97. The van der Waals surface area contributed by atoms with Crippen molar-refractivity contribution in [2.75, 3.05) is 0 Å². The van der Waals surface area contributed by atoms with Gasteiger partial charge in [0.2, 0.25) is 6.41 Å². The number of nitrogens with zero attached hydrogens (tertiary/aromatic N) is 1. The number of fused-ring (bicyclic) bond motifs is 1. The van der Waals surface area contributed by atoms with E-state index in [2.05, 4.69) is 0 Å². The van der Waals surface area contributed by atoms with E-state index in [4.69, 9.17) is 11.6 Å². The average molecular weight is 180 g/mol. The molecule has 0 aliphatic carbocycles. The first-order valence-corrected chi connectivity index (χ1v) is 3.90. The first-order chi connectivity index (χ1) is 5.81. The fourth-order valence-electron chi connectivity index (χ4n) is 1.23. The van der Waals surface area contributed by atoms with E-state index in [-0.39, 0.29) is 0 Å². The molecule has 2 nitrogen and oxygen atoms in total. The van der Waals surface area contributed by atoms with E-state index in [0.717, 1.165) is 17.3 Å². The summed E-state index contributed by atoms with van der Waals surface area (Å²) < 4.78 is 1.52. The SMILES string of the molecule is O=Cn1ccc2cc(Cl)ccc21. The lowest BCUT2D eigenvalue weighted by Crippen LogP contribution is -1.89. The Balaban J connectivity index is 2.81. The number of carbonyl (C=O) groups is 1. The van der Waals surface area contributed by atoms with Crippen molar-refractivity contribution < 1.29 is 4.79 Å². The molecule has 0 bridgehead atoms. The average Bonchev–Trinajstić information content (AvgIpc) is 2.46. The molecule has 60 valence electrons. The van der Waals surface area contributed by atoms with Crippen LogP contribution in [0.3, 0.4) is 0 Å². The van der Waals surface area contributed by atoms with Crippen molar-refractivity contribution in [1.29, 1.82) is 0 Å². The molecular formula is C9H6ClNO. The quantitative estimate of drug-likeness (QED) is 0.616. The standard InChI is InChI=1S/C9H6ClNO/c10-8-1-2-9-7(5-8)3-4-11(9)6-12/h1-6H. The number of carbonyl (C=O) groups excluding carboxylic acids is 1. The molecule has 0 aliphatic heterocycles. The van der Waals surface area contributed by atoms with Gasteiger partial charge in [-0.05, 0) is 24.3 Å². The van der Waals surface area contributed by atoms with Crippen LogP contribution in [0.25, 0.3) is 10.9 Å². The topological polar surface area (TPSA) is 22.0 Å². The van der Waals surface area contributed by atoms with Gasteiger partial charge in [0, 0.05) is 16.6 Å². The van der Waals surface area contributed by atoms with Gasteiger partial charge in [-0.1, -0.05) is 11.6 Å². The molecular weight excluding hydrogens is 174 g/mol. The lowest BCUT2D eigenvalue weighted by Gasteiger charge is -1.93. The molecule has 1 aromatic heterocycles. The third-order valence-corrected chi connectivity index (χ3v) is 2.03. The Hall–Kier alpha value is -1.28. The highest BCUT2D eigenvalue weighted by Gasteiger charge is 1.98. The second kappa shape index (κ2) is 2.64. The molecule has 0 aliphatic rings. The van der Waals surface area contributed by atoms with E-state index in [1.807, 2.05) is 18.2 Å². The van der Waals surface area contributed by atoms with Gasteiger partial charge in [0.05, 0.1) is 5.52 Å². The van der Waals surface area contributed by atoms with Gasteiger partial charge in [-0.25, -0.2) is 0 Å². The molecule has 2 rings (SSSR count). The third-order valence-electron chi connectivity index (χ3n) is 1.80. The smallest absolute Gasteiger partial charge is 0.218 e. The van der Waals surface area contributed by atoms with Gasteiger partial charge in [-0.2, -0.15) is 0 Å². The summed E-state index contributed by atoms with van der Waals surface area (Å²) >= 11 is 5.77. The van der Waals surface area contributed by atoms with Crippen LogP contribution < -0.4 is 0 Å². The molecule has 0 unspecified atom stereocenters. The van der Waals surface area contributed by atoms with E-state index in [1.54, 1.807) is 12.3 Å². The Morgan fingerprint density at radius 1 is 1.33 bits per heavy atom. The van der Waals surface area contributed by atoms with Crippen LogP contribution in [0.1, 0.15) is 0 Å². The lowest BCUT2D eigenvalue weighted by atomic mass is 10.2. The van der Waals surface area contributed by atoms with Crippen LogP contribution in [0.2, 0.25) is 5.02 Å². The highest BCUT2D eigenvalue weighted by Crippen LogP contribution is 2.19. The van der Waals surface area contributed by atoms with Crippen LogP contribution in [0.4, 0.5) is 0 Å². The zero-order valence-corrected chi connectivity index (χ0v) is 6.95. The molecule has 3 heteroatoms. The largest absolute Gasteiger partial charge is 0.290 e. The molecule has 0 spiro atoms. The Morgan fingerprint density at radius 3 is 2.92 bits per heavy atom. The summed E-state index contributed by atoms with van der Waals surface area (Å²) in [6, 6.07) is 7.28. The summed E-state index contributed by atoms with van der Waals surface area (Å²) in [5, 5.41) is 1.67. The van der Waals surface area contributed by atoms with Crippen molar-refractivity contribution in [3.63, 3.8) is 0 Å². The van der Waals surface area contributed by atoms with Crippen molar-refractivity contribution in [2.24, 2.45) is 0 Å². The summed E-state index contributed by atoms with van der Waals surface area (Å²) in [5.74, 6) is 0. The Bertz CT molecular complexity index is 433. The monoisotopic (exact) mass is 179 g/mol. The van der Waals surface area contributed by atoms with Crippen LogP contribution in [0.15, 0.2) is 30.5 Å². The zero-order valence-electron chi connectivity index (χ0n) is 6.20. The maximum absolute atomic E-state index is 10.5. The third kappa shape index (κ3) is 1.01. The molecule has 0 fully saturated rings. The number of halogens is 1. The minimum absolute atomic E-state index is 0.686. The van der Waals surface area contributed by atoms with Crippen LogP contribution in [-0.2, 0) is 4.79 Å². The first-order valence-electron chi connectivity index (χ1n) is 3.52. The maximum atomic E-state index is 10.5. The van der Waals surface area contributed by atoms with Gasteiger partial charge in [0.25, 0.3) is 0 Å². The molecule has 0 amide bonds. The first kappa shape index (κ1) is 7.37. The summed E-state index contributed by atoms with van der Waals surface area (Å²) in [6.45, 7) is 0. The molecule has 0 saturated heterocycles. The van der Waals surface area contributed by atoms with E-state index in [9.17, 15) is 4.79 Å². The lowest BCUT2D eigenvalue weighted by molar-refractivity contribution is 0.549. The number of rotatable bonds is 1. The number of hydrogen-bond donors (Lipinski definition) is 0. The van der Waals surface area contributed by atoms with Crippen LogP contribution in [0.5, 0.6) is 0 Å². The molecule has 1 heterocycles. The highest BCUT2D eigenvalue weighted by molar-refractivity contribution is 6.31. The number of aromatic nitrogens is 1.